The molecule has 1 N–H and O–H groups in total. The first kappa shape index (κ1) is 20.3. The van der Waals surface area contributed by atoms with E-state index in [1.165, 1.54) is 6.07 Å². The summed E-state index contributed by atoms with van der Waals surface area (Å²) in [4.78, 5) is 8.98. The number of anilines is 2. The minimum atomic E-state index is -0.340. The number of nitriles is 1. The van der Waals surface area contributed by atoms with E-state index >= 15 is 4.39 Å². The van der Waals surface area contributed by atoms with Gasteiger partial charge >= 0.3 is 0 Å². The van der Waals surface area contributed by atoms with Crippen molar-refractivity contribution in [3.05, 3.63) is 109 Å². The van der Waals surface area contributed by atoms with Crippen LogP contribution in [0.1, 0.15) is 5.56 Å². The van der Waals surface area contributed by atoms with Gasteiger partial charge in [-0.25, -0.2) is 14.4 Å². The molecule has 0 bridgehead atoms. The number of fused-ring (bicyclic) bond motifs is 1. The van der Waals surface area contributed by atoms with E-state index in [-0.39, 0.29) is 12.2 Å². The van der Waals surface area contributed by atoms with E-state index in [1.54, 1.807) is 12.3 Å². The summed E-state index contributed by atoms with van der Waals surface area (Å²) >= 11 is 0. The van der Waals surface area contributed by atoms with Crippen LogP contribution in [-0.2, 0) is 6.42 Å². The third-order valence-corrected chi connectivity index (χ3v) is 5.47. The highest BCUT2D eigenvalue weighted by molar-refractivity contribution is 5.84. The van der Waals surface area contributed by atoms with Crippen LogP contribution in [0.5, 0.6) is 0 Å². The summed E-state index contributed by atoms with van der Waals surface area (Å²) in [7, 11) is 0. The number of hydrogen-bond donors (Lipinski definition) is 1. The molecule has 5 aromatic rings. The van der Waals surface area contributed by atoms with Crippen molar-refractivity contribution in [2.45, 2.75) is 6.42 Å². The number of rotatable bonds is 5. The Morgan fingerprint density at radius 1 is 0.818 bits per heavy atom. The quantitative estimate of drug-likeness (QED) is 0.329. The van der Waals surface area contributed by atoms with Crippen LogP contribution < -0.4 is 5.32 Å². The zero-order chi connectivity index (χ0) is 22.6. The Morgan fingerprint density at radius 3 is 2.45 bits per heavy atom. The molecule has 4 nitrogen and oxygen atoms in total. The predicted molar refractivity (Wildman–Crippen MR) is 129 cm³/mol. The Bertz CT molecular complexity index is 1490. The molecule has 0 atom stereocenters. The van der Waals surface area contributed by atoms with Crippen LogP contribution in [0.15, 0.2) is 97.2 Å². The first-order valence-corrected chi connectivity index (χ1v) is 10.6. The van der Waals surface area contributed by atoms with Crippen LogP contribution >= 0.6 is 0 Å². The second-order valence-electron chi connectivity index (χ2n) is 7.65. The molecule has 0 spiro atoms. The Labute approximate surface area is 191 Å². The molecule has 0 aliphatic heterocycles. The second-order valence-corrected chi connectivity index (χ2v) is 7.65. The van der Waals surface area contributed by atoms with Crippen molar-refractivity contribution in [3.63, 3.8) is 0 Å². The van der Waals surface area contributed by atoms with Crippen LogP contribution in [0.4, 0.5) is 16.0 Å². The summed E-state index contributed by atoms with van der Waals surface area (Å²) in [5, 5.41) is 13.3. The monoisotopic (exact) mass is 430 g/mol. The molecule has 0 radical (unpaired) electrons. The van der Waals surface area contributed by atoms with E-state index in [4.69, 9.17) is 5.26 Å². The van der Waals surface area contributed by atoms with Crippen LogP contribution in [0.25, 0.3) is 33.2 Å². The Hall–Kier alpha value is -4.56. The fourth-order valence-electron chi connectivity index (χ4n) is 3.82. The summed E-state index contributed by atoms with van der Waals surface area (Å²) in [6.45, 7) is 0. The molecule has 0 saturated heterocycles. The van der Waals surface area contributed by atoms with Gasteiger partial charge in [-0.15, -0.1) is 0 Å². The molecule has 1 aromatic heterocycles. The van der Waals surface area contributed by atoms with Gasteiger partial charge in [-0.2, -0.15) is 5.26 Å². The topological polar surface area (TPSA) is 61.6 Å². The van der Waals surface area contributed by atoms with E-state index in [0.717, 1.165) is 27.6 Å². The lowest BCUT2D eigenvalue weighted by molar-refractivity contribution is 0.632. The lowest BCUT2D eigenvalue weighted by atomic mass is 9.96. The first-order chi connectivity index (χ1) is 16.2. The van der Waals surface area contributed by atoms with Crippen molar-refractivity contribution < 1.29 is 4.39 Å². The van der Waals surface area contributed by atoms with E-state index in [9.17, 15) is 0 Å². The highest BCUT2D eigenvalue weighted by Crippen LogP contribution is 2.35. The summed E-state index contributed by atoms with van der Waals surface area (Å²) in [5.74, 6) is 0.0808. The Kier molecular flexibility index (Phi) is 5.48. The van der Waals surface area contributed by atoms with Crippen molar-refractivity contribution in [2.75, 3.05) is 5.32 Å². The molecular formula is C28H19FN4. The Morgan fingerprint density at radius 2 is 1.64 bits per heavy atom. The lowest BCUT2D eigenvalue weighted by Crippen LogP contribution is -2.00. The van der Waals surface area contributed by atoms with E-state index < -0.39 is 0 Å². The molecule has 33 heavy (non-hydrogen) atoms. The molecule has 5 heteroatoms. The van der Waals surface area contributed by atoms with Gasteiger partial charge in [0.05, 0.1) is 18.0 Å². The standard InChI is InChI=1S/C28H19FN4/c29-25-17-21(20-6-2-1-3-7-20)11-12-23(25)24-16-19(14-15-30)10-13-27(24)33-28-31-18-22-8-4-5-9-26(22)32-28/h1-13,16-18H,14H2,(H,31,32,33). The minimum absolute atomic E-state index is 0.240. The molecule has 1 heterocycles. The molecule has 0 saturated carbocycles. The fraction of sp³-hybridized carbons (Fsp3) is 0.0357. The SMILES string of the molecule is N#CCc1ccc(Nc2ncc3ccccc3n2)c(-c2ccc(-c3ccccc3)cc2F)c1. The zero-order valence-electron chi connectivity index (χ0n) is 17.7. The number of nitrogens with one attached hydrogen (secondary N) is 1. The number of benzene rings is 4. The first-order valence-electron chi connectivity index (χ1n) is 10.6. The summed E-state index contributed by atoms with van der Waals surface area (Å²) in [6.07, 6.45) is 1.99. The zero-order valence-corrected chi connectivity index (χ0v) is 17.7. The van der Waals surface area contributed by atoms with Gasteiger partial charge in [0.2, 0.25) is 5.95 Å². The van der Waals surface area contributed by atoms with E-state index in [2.05, 4.69) is 21.4 Å². The van der Waals surface area contributed by atoms with E-state index in [1.807, 2.05) is 78.9 Å². The molecular weight excluding hydrogens is 411 g/mol. The molecule has 0 amide bonds. The normalized spacial score (nSPS) is 10.7. The number of hydrogen-bond acceptors (Lipinski definition) is 4. The van der Waals surface area contributed by atoms with Crippen molar-refractivity contribution in [3.8, 4) is 28.3 Å². The van der Waals surface area contributed by atoms with E-state index in [0.29, 0.717) is 22.8 Å². The van der Waals surface area contributed by atoms with Gasteiger partial charge in [0.15, 0.2) is 0 Å². The molecule has 5 rings (SSSR count). The minimum Gasteiger partial charge on any atom is -0.324 e. The smallest absolute Gasteiger partial charge is 0.227 e. The van der Waals surface area contributed by atoms with Crippen molar-refractivity contribution in [2.24, 2.45) is 0 Å². The average Bonchev–Trinajstić information content (AvgIpc) is 2.86. The van der Waals surface area contributed by atoms with Gasteiger partial charge in [0, 0.05) is 28.4 Å². The second kappa shape index (κ2) is 8.89. The van der Waals surface area contributed by atoms with Crippen molar-refractivity contribution in [1.82, 2.24) is 9.97 Å². The number of aromatic nitrogens is 2. The molecule has 0 aliphatic rings. The van der Waals surface area contributed by atoms with Gasteiger partial charge in [-0.05, 0) is 41.0 Å². The maximum Gasteiger partial charge on any atom is 0.227 e. The summed E-state index contributed by atoms with van der Waals surface area (Å²) < 4.78 is 15.3. The number of nitrogens with zero attached hydrogens (tertiary/aromatic N) is 3. The predicted octanol–water partition coefficient (Wildman–Crippen LogP) is 6.91. The summed E-state index contributed by atoms with van der Waals surface area (Å²) in [5.41, 5.74) is 5.13. The molecule has 0 aliphatic carbocycles. The summed E-state index contributed by atoms with van der Waals surface area (Å²) in [6, 6.07) is 30.3. The average molecular weight is 430 g/mol. The largest absolute Gasteiger partial charge is 0.324 e. The van der Waals surface area contributed by atoms with Crippen molar-refractivity contribution in [1.29, 1.82) is 5.26 Å². The van der Waals surface area contributed by atoms with Crippen LogP contribution in [-0.4, -0.2) is 9.97 Å². The highest BCUT2D eigenvalue weighted by Gasteiger charge is 2.14. The van der Waals surface area contributed by atoms with Gasteiger partial charge in [0.1, 0.15) is 5.82 Å². The molecule has 4 aromatic carbocycles. The third kappa shape index (κ3) is 4.28. The molecule has 0 fully saturated rings. The fourth-order valence-corrected chi connectivity index (χ4v) is 3.82. The number of halogens is 1. The maximum atomic E-state index is 15.3. The van der Waals surface area contributed by atoms with Crippen molar-refractivity contribution >= 4 is 22.5 Å². The molecule has 158 valence electrons. The lowest BCUT2D eigenvalue weighted by Gasteiger charge is -2.14. The number of para-hydroxylation sites is 1. The van der Waals surface area contributed by atoms with Gasteiger partial charge in [-0.1, -0.05) is 66.7 Å². The van der Waals surface area contributed by atoms with Gasteiger partial charge in [-0.3, -0.25) is 0 Å². The van der Waals surface area contributed by atoms with Gasteiger partial charge in [0.25, 0.3) is 0 Å². The van der Waals surface area contributed by atoms with Crippen LogP contribution in [0, 0.1) is 17.1 Å². The van der Waals surface area contributed by atoms with Crippen LogP contribution in [0.3, 0.4) is 0 Å². The maximum absolute atomic E-state index is 15.3. The Balaban J connectivity index is 1.57. The third-order valence-electron chi connectivity index (χ3n) is 5.47. The molecule has 0 unspecified atom stereocenters. The van der Waals surface area contributed by atoms with Gasteiger partial charge < -0.3 is 5.32 Å². The highest BCUT2D eigenvalue weighted by atomic mass is 19.1. The van der Waals surface area contributed by atoms with Crippen LogP contribution in [0.2, 0.25) is 0 Å².